The number of amides is 2. The predicted octanol–water partition coefficient (Wildman–Crippen LogP) is 6.03. The van der Waals surface area contributed by atoms with Crippen molar-refractivity contribution in [2.75, 3.05) is 17.0 Å². The number of fused-ring (bicyclic) bond motifs is 2. The lowest BCUT2D eigenvalue weighted by Crippen LogP contribution is -2.27. The van der Waals surface area contributed by atoms with E-state index in [-0.39, 0.29) is 25.2 Å². The molecule has 0 spiro atoms. The van der Waals surface area contributed by atoms with Gasteiger partial charge in [-0.1, -0.05) is 59.9 Å². The van der Waals surface area contributed by atoms with Gasteiger partial charge in [-0.05, 0) is 50.3 Å². The standard InChI is InChI=1S/C29H23N3O4S2/c1-17-7-10-20(11-8-17)32-28(34)26(38-29(32)37)14-22-18(2)31(23-6-4-3-5-21(22)23)15-27(33)30-19-9-12-24-25(13-19)36-16-35-24/h3-14H,15-16H2,1-2H3,(H,30,33)/b26-14+. The summed E-state index contributed by atoms with van der Waals surface area (Å²) in [7, 11) is 0. The van der Waals surface area contributed by atoms with E-state index in [1.54, 1.807) is 23.1 Å². The largest absolute Gasteiger partial charge is 0.454 e. The van der Waals surface area contributed by atoms with Crippen LogP contribution in [0, 0.1) is 13.8 Å². The highest BCUT2D eigenvalue weighted by atomic mass is 32.2. The van der Waals surface area contributed by atoms with Crippen LogP contribution in [0.25, 0.3) is 17.0 Å². The Morgan fingerprint density at radius 3 is 2.63 bits per heavy atom. The van der Waals surface area contributed by atoms with Crippen molar-refractivity contribution in [2.24, 2.45) is 0 Å². The third-order valence-electron chi connectivity index (χ3n) is 6.60. The van der Waals surface area contributed by atoms with E-state index in [1.807, 2.05) is 73.0 Å². The topological polar surface area (TPSA) is 72.8 Å². The molecule has 0 unspecified atom stereocenters. The number of para-hydroxylation sites is 1. The molecule has 0 radical (unpaired) electrons. The van der Waals surface area contributed by atoms with Gasteiger partial charge in [-0.25, -0.2) is 0 Å². The van der Waals surface area contributed by atoms with Crippen molar-refractivity contribution in [3.63, 3.8) is 0 Å². The van der Waals surface area contributed by atoms with Gasteiger partial charge in [0.2, 0.25) is 12.7 Å². The molecule has 0 bridgehead atoms. The second-order valence-electron chi connectivity index (χ2n) is 9.07. The fourth-order valence-corrected chi connectivity index (χ4v) is 5.96. The second-order valence-corrected chi connectivity index (χ2v) is 10.7. The van der Waals surface area contributed by atoms with Crippen molar-refractivity contribution in [1.82, 2.24) is 4.57 Å². The highest BCUT2D eigenvalue weighted by Gasteiger charge is 2.33. The minimum atomic E-state index is -0.176. The molecule has 0 atom stereocenters. The number of hydrogen-bond acceptors (Lipinski definition) is 6. The van der Waals surface area contributed by atoms with Crippen molar-refractivity contribution >= 4 is 68.5 Å². The molecule has 1 aromatic heterocycles. The summed E-state index contributed by atoms with van der Waals surface area (Å²) in [6.45, 7) is 4.25. The number of aromatic nitrogens is 1. The highest BCUT2D eigenvalue weighted by molar-refractivity contribution is 8.27. The Kier molecular flexibility index (Phi) is 6.17. The van der Waals surface area contributed by atoms with E-state index in [9.17, 15) is 9.59 Å². The van der Waals surface area contributed by atoms with Crippen LogP contribution in [0.5, 0.6) is 11.5 Å². The first-order valence-electron chi connectivity index (χ1n) is 12.0. The first-order chi connectivity index (χ1) is 18.4. The van der Waals surface area contributed by atoms with Crippen molar-refractivity contribution in [1.29, 1.82) is 0 Å². The lowest BCUT2D eigenvalue weighted by Gasteiger charge is -2.14. The summed E-state index contributed by atoms with van der Waals surface area (Å²) >= 11 is 6.85. The van der Waals surface area contributed by atoms with Gasteiger partial charge < -0.3 is 19.4 Å². The van der Waals surface area contributed by atoms with Crippen LogP contribution in [0.2, 0.25) is 0 Å². The fourth-order valence-electron chi connectivity index (χ4n) is 4.68. The molecule has 2 aliphatic heterocycles. The Labute approximate surface area is 229 Å². The predicted molar refractivity (Wildman–Crippen MR) is 155 cm³/mol. The third-order valence-corrected chi connectivity index (χ3v) is 7.90. The van der Waals surface area contributed by atoms with Gasteiger partial charge in [-0.15, -0.1) is 0 Å². The summed E-state index contributed by atoms with van der Waals surface area (Å²) in [4.78, 5) is 28.5. The van der Waals surface area contributed by atoms with Crippen LogP contribution in [-0.4, -0.2) is 27.5 Å². The van der Waals surface area contributed by atoms with Gasteiger partial charge in [-0.3, -0.25) is 14.5 Å². The van der Waals surface area contributed by atoms with E-state index >= 15 is 0 Å². The number of benzene rings is 3. The number of ether oxygens (including phenoxy) is 2. The van der Waals surface area contributed by atoms with Crippen molar-refractivity contribution in [2.45, 2.75) is 20.4 Å². The van der Waals surface area contributed by atoms with Crippen LogP contribution in [0.1, 0.15) is 16.8 Å². The lowest BCUT2D eigenvalue weighted by molar-refractivity contribution is -0.116. The van der Waals surface area contributed by atoms with Crippen molar-refractivity contribution in [3.05, 3.63) is 88.5 Å². The molecule has 1 N–H and O–H groups in total. The zero-order chi connectivity index (χ0) is 26.4. The number of thiocarbonyl (C=S) groups is 1. The Morgan fingerprint density at radius 2 is 1.82 bits per heavy atom. The SMILES string of the molecule is Cc1ccc(N2C(=O)/C(=C\c3c(C)n(CC(=O)Nc4ccc5c(c4)OCO5)c4ccccc34)SC2=S)cc1. The maximum absolute atomic E-state index is 13.4. The van der Waals surface area contributed by atoms with E-state index in [0.717, 1.165) is 33.4 Å². The molecule has 1 saturated heterocycles. The zero-order valence-electron chi connectivity index (χ0n) is 20.7. The molecular formula is C29H23N3O4S2. The normalized spacial score (nSPS) is 15.6. The molecular weight excluding hydrogens is 518 g/mol. The van der Waals surface area contributed by atoms with Crippen LogP contribution >= 0.6 is 24.0 Å². The number of thioether (sulfide) groups is 1. The highest BCUT2D eigenvalue weighted by Crippen LogP contribution is 2.38. The molecule has 38 heavy (non-hydrogen) atoms. The summed E-state index contributed by atoms with van der Waals surface area (Å²) in [6.07, 6.45) is 1.89. The first kappa shape index (κ1) is 24.3. The Morgan fingerprint density at radius 1 is 1.05 bits per heavy atom. The van der Waals surface area contributed by atoms with Gasteiger partial charge in [-0.2, -0.15) is 0 Å². The van der Waals surface area contributed by atoms with Gasteiger partial charge in [0, 0.05) is 33.9 Å². The molecule has 0 aliphatic carbocycles. The molecule has 1 fully saturated rings. The average molecular weight is 542 g/mol. The van der Waals surface area contributed by atoms with Crippen LogP contribution in [0.4, 0.5) is 11.4 Å². The van der Waals surface area contributed by atoms with Gasteiger partial charge in [0.15, 0.2) is 15.8 Å². The Bertz CT molecular complexity index is 1660. The smallest absolute Gasteiger partial charge is 0.270 e. The molecule has 4 aromatic rings. The van der Waals surface area contributed by atoms with Crippen molar-refractivity contribution in [3.8, 4) is 11.5 Å². The molecule has 7 nitrogen and oxygen atoms in total. The molecule has 6 rings (SSSR count). The average Bonchev–Trinajstić information content (AvgIpc) is 3.56. The van der Waals surface area contributed by atoms with Gasteiger partial charge in [0.05, 0.1) is 10.6 Å². The minimum Gasteiger partial charge on any atom is -0.454 e. The number of nitrogens with zero attached hydrogens (tertiary/aromatic N) is 2. The molecule has 2 amide bonds. The first-order valence-corrected chi connectivity index (χ1v) is 13.2. The second kappa shape index (κ2) is 9.66. The van der Waals surface area contributed by atoms with E-state index in [2.05, 4.69) is 5.32 Å². The lowest BCUT2D eigenvalue weighted by atomic mass is 10.1. The monoisotopic (exact) mass is 541 g/mol. The van der Waals surface area contributed by atoms with Crippen molar-refractivity contribution < 1.29 is 19.1 Å². The minimum absolute atomic E-state index is 0.110. The quantitative estimate of drug-likeness (QED) is 0.246. The maximum Gasteiger partial charge on any atom is 0.270 e. The number of carbonyl (C=O) groups excluding carboxylic acids is 2. The van der Waals surface area contributed by atoms with E-state index in [4.69, 9.17) is 21.7 Å². The van der Waals surface area contributed by atoms with E-state index < -0.39 is 0 Å². The van der Waals surface area contributed by atoms with Gasteiger partial charge in [0.25, 0.3) is 5.91 Å². The summed E-state index contributed by atoms with van der Waals surface area (Å²) in [5.41, 5.74) is 5.18. The summed E-state index contributed by atoms with van der Waals surface area (Å²) in [5, 5.41) is 3.90. The summed E-state index contributed by atoms with van der Waals surface area (Å²) in [6, 6.07) is 20.9. The number of anilines is 2. The molecule has 3 aromatic carbocycles. The molecule has 2 aliphatic rings. The van der Waals surface area contributed by atoms with Crippen LogP contribution < -0.4 is 19.7 Å². The van der Waals surface area contributed by atoms with Crippen LogP contribution in [0.15, 0.2) is 71.6 Å². The number of aryl methyl sites for hydroxylation is 1. The number of carbonyl (C=O) groups is 2. The van der Waals surface area contributed by atoms with E-state index in [0.29, 0.717) is 26.4 Å². The van der Waals surface area contributed by atoms with Gasteiger partial charge >= 0.3 is 0 Å². The number of rotatable bonds is 5. The third kappa shape index (κ3) is 4.33. The molecule has 190 valence electrons. The molecule has 9 heteroatoms. The van der Waals surface area contributed by atoms with E-state index in [1.165, 1.54) is 11.8 Å². The molecule has 0 saturated carbocycles. The zero-order valence-corrected chi connectivity index (χ0v) is 22.3. The Hall–Kier alpha value is -4.08. The maximum atomic E-state index is 13.4. The summed E-state index contributed by atoms with van der Waals surface area (Å²) < 4.78 is 13.2. The Balaban J connectivity index is 1.30. The molecule has 3 heterocycles. The van der Waals surface area contributed by atoms with Gasteiger partial charge in [0.1, 0.15) is 6.54 Å². The van der Waals surface area contributed by atoms with Crippen LogP contribution in [0.3, 0.4) is 0 Å². The van der Waals surface area contributed by atoms with Crippen LogP contribution in [-0.2, 0) is 16.1 Å². The fraction of sp³-hybridized carbons (Fsp3) is 0.138. The number of hydrogen-bond donors (Lipinski definition) is 1. The summed E-state index contributed by atoms with van der Waals surface area (Å²) in [5.74, 6) is 0.939. The number of nitrogens with one attached hydrogen (secondary N) is 1.